The lowest BCUT2D eigenvalue weighted by atomic mass is 10.1. The highest BCUT2D eigenvalue weighted by atomic mass is 16.5. The average Bonchev–Trinajstić information content (AvgIpc) is 3.14. The fraction of sp³-hybridized carbons (Fsp3) is 0.773. The van der Waals surface area contributed by atoms with Gasteiger partial charge in [0.25, 0.3) is 0 Å². The Morgan fingerprint density at radius 1 is 0.585 bits per heavy atom. The van der Waals surface area contributed by atoms with E-state index in [0.29, 0.717) is 12.8 Å². The molecule has 2 atom stereocenters. The molecule has 2 unspecified atom stereocenters. The number of rotatable bonds is 38. The van der Waals surface area contributed by atoms with Crippen molar-refractivity contribution in [2.24, 2.45) is 0 Å². The molecule has 0 aromatic carbocycles. The highest BCUT2D eigenvalue weighted by molar-refractivity contribution is 5.87. The first-order valence-corrected chi connectivity index (χ1v) is 21.4. The Morgan fingerprint density at radius 3 is 1.66 bits per heavy atom. The number of aliphatic carboxylic acids is 1. The van der Waals surface area contributed by atoms with Crippen molar-refractivity contribution < 1.29 is 34.1 Å². The molecule has 0 aliphatic carbocycles. The molecule has 0 aliphatic heterocycles. The fourth-order valence-corrected chi connectivity index (χ4v) is 6.01. The standard InChI is InChI=1S/C44H78N2O7/c1-3-5-7-9-11-13-14-15-16-17-18-19-20-21-22-24-26-32-36-43(50)53-39(33-29-25-23-12-10-8-6-4-2)34-30-27-28-31-35-41(48)45-37-42(49)46-40(38-47)44(51)52/h12,16-17,23,29,33,39-40,47H,3-11,13-15,18-22,24-28,30-32,34-38H2,1-2H3,(H,45,48)(H,46,49)(H,51,52)/b17-16-,23-12-,33-29-. The second-order valence-electron chi connectivity index (χ2n) is 14.4. The van der Waals surface area contributed by atoms with Crippen molar-refractivity contribution in [2.75, 3.05) is 13.2 Å². The van der Waals surface area contributed by atoms with Gasteiger partial charge in [-0.15, -0.1) is 0 Å². The van der Waals surface area contributed by atoms with Crippen LogP contribution in [-0.2, 0) is 23.9 Å². The van der Waals surface area contributed by atoms with E-state index in [2.05, 4.69) is 54.9 Å². The maximum absolute atomic E-state index is 12.7. The maximum Gasteiger partial charge on any atom is 0.328 e. The van der Waals surface area contributed by atoms with Crippen molar-refractivity contribution in [3.05, 3.63) is 36.5 Å². The molecule has 0 aromatic heterocycles. The summed E-state index contributed by atoms with van der Waals surface area (Å²) in [6.07, 6.45) is 43.4. The molecule has 2 amide bonds. The first-order chi connectivity index (χ1) is 25.8. The molecule has 0 saturated carbocycles. The van der Waals surface area contributed by atoms with E-state index in [9.17, 15) is 19.2 Å². The molecule has 306 valence electrons. The number of aliphatic hydroxyl groups excluding tert-OH is 1. The van der Waals surface area contributed by atoms with Crippen LogP contribution in [0.2, 0.25) is 0 Å². The number of carboxylic acid groups (broad SMARTS) is 1. The van der Waals surface area contributed by atoms with Crippen LogP contribution in [0.5, 0.6) is 0 Å². The van der Waals surface area contributed by atoms with E-state index in [1.54, 1.807) is 0 Å². The van der Waals surface area contributed by atoms with Crippen LogP contribution >= 0.6 is 0 Å². The molecule has 4 N–H and O–H groups in total. The third kappa shape index (κ3) is 35.8. The smallest absolute Gasteiger partial charge is 0.328 e. The van der Waals surface area contributed by atoms with Crippen LogP contribution in [0, 0.1) is 0 Å². The van der Waals surface area contributed by atoms with E-state index in [1.165, 1.54) is 103 Å². The number of carbonyl (C=O) groups excluding carboxylic acids is 3. The summed E-state index contributed by atoms with van der Waals surface area (Å²) in [7, 11) is 0. The Balaban J connectivity index is 4.25. The molecule has 0 radical (unpaired) electrons. The van der Waals surface area contributed by atoms with Gasteiger partial charge in [-0.3, -0.25) is 14.4 Å². The summed E-state index contributed by atoms with van der Waals surface area (Å²) in [5.41, 5.74) is 0. The van der Waals surface area contributed by atoms with E-state index < -0.39 is 24.5 Å². The number of carbonyl (C=O) groups is 4. The molecule has 0 aromatic rings. The molecular weight excluding hydrogens is 668 g/mol. The average molecular weight is 747 g/mol. The number of allylic oxidation sites excluding steroid dienone is 5. The second kappa shape index (κ2) is 38.8. The zero-order valence-corrected chi connectivity index (χ0v) is 33.8. The summed E-state index contributed by atoms with van der Waals surface area (Å²) < 4.78 is 5.88. The van der Waals surface area contributed by atoms with Crippen molar-refractivity contribution in [1.29, 1.82) is 0 Å². The Labute approximate surface area is 323 Å². The van der Waals surface area contributed by atoms with Gasteiger partial charge in [-0.2, -0.15) is 0 Å². The lowest BCUT2D eigenvalue weighted by Crippen LogP contribution is -2.47. The first kappa shape index (κ1) is 50.1. The molecule has 0 fully saturated rings. The van der Waals surface area contributed by atoms with Crippen molar-refractivity contribution >= 4 is 23.8 Å². The number of hydrogen-bond donors (Lipinski definition) is 4. The summed E-state index contributed by atoms with van der Waals surface area (Å²) >= 11 is 0. The van der Waals surface area contributed by atoms with Crippen molar-refractivity contribution in [1.82, 2.24) is 10.6 Å². The molecule has 0 aliphatic rings. The number of esters is 1. The fourth-order valence-electron chi connectivity index (χ4n) is 6.01. The SMILES string of the molecule is CCCCC/C=C\C/C=C\C(CCCCCCC(=O)NCC(=O)NC(CO)C(=O)O)OC(=O)CCCCCCCCC/C=C\CCCCCCCCC. The number of nitrogens with one attached hydrogen (secondary N) is 2. The zero-order chi connectivity index (χ0) is 39.0. The van der Waals surface area contributed by atoms with Gasteiger partial charge >= 0.3 is 11.9 Å². The highest BCUT2D eigenvalue weighted by Gasteiger charge is 2.18. The van der Waals surface area contributed by atoms with Gasteiger partial charge in [-0.05, 0) is 76.7 Å². The maximum atomic E-state index is 12.7. The van der Waals surface area contributed by atoms with Crippen LogP contribution in [0.3, 0.4) is 0 Å². The molecule has 0 spiro atoms. The molecule has 9 heteroatoms. The highest BCUT2D eigenvalue weighted by Crippen LogP contribution is 2.15. The second-order valence-corrected chi connectivity index (χ2v) is 14.4. The van der Waals surface area contributed by atoms with Crippen LogP contribution in [-0.4, -0.2) is 59.3 Å². The largest absolute Gasteiger partial charge is 0.480 e. The van der Waals surface area contributed by atoms with Gasteiger partial charge in [0.1, 0.15) is 12.1 Å². The summed E-state index contributed by atoms with van der Waals surface area (Å²) in [6, 6.07) is -1.39. The zero-order valence-electron chi connectivity index (χ0n) is 33.8. The number of unbranched alkanes of at least 4 members (excludes halogenated alkanes) is 20. The summed E-state index contributed by atoms with van der Waals surface area (Å²) in [4.78, 5) is 47.5. The van der Waals surface area contributed by atoms with Gasteiger partial charge in [0.15, 0.2) is 0 Å². The molecule has 0 heterocycles. The number of carboxylic acids is 1. The quantitative estimate of drug-likeness (QED) is 0.0280. The monoisotopic (exact) mass is 747 g/mol. The Hall–Kier alpha value is -2.94. The summed E-state index contributed by atoms with van der Waals surface area (Å²) in [5, 5.41) is 22.5. The third-order valence-corrected chi connectivity index (χ3v) is 9.34. The molecule has 0 bridgehead atoms. The third-order valence-electron chi connectivity index (χ3n) is 9.34. The van der Waals surface area contributed by atoms with Crippen LogP contribution in [0.15, 0.2) is 36.5 Å². The number of hydrogen-bond acceptors (Lipinski definition) is 6. The van der Waals surface area contributed by atoms with Gasteiger partial charge in [0.2, 0.25) is 11.8 Å². The van der Waals surface area contributed by atoms with Crippen molar-refractivity contribution in [3.63, 3.8) is 0 Å². The number of aliphatic hydroxyl groups is 1. The van der Waals surface area contributed by atoms with Crippen molar-refractivity contribution in [2.45, 2.75) is 206 Å². The summed E-state index contributed by atoms with van der Waals surface area (Å²) in [6.45, 7) is 3.41. The minimum atomic E-state index is -1.39. The lowest BCUT2D eigenvalue weighted by Gasteiger charge is -2.15. The molecule has 0 saturated heterocycles. The normalized spacial score (nSPS) is 12.8. The molecule has 9 nitrogen and oxygen atoms in total. The Morgan fingerprint density at radius 2 is 1.08 bits per heavy atom. The molecule has 53 heavy (non-hydrogen) atoms. The van der Waals surface area contributed by atoms with Gasteiger partial charge in [0, 0.05) is 12.8 Å². The van der Waals surface area contributed by atoms with Gasteiger partial charge in [-0.25, -0.2) is 4.79 Å². The van der Waals surface area contributed by atoms with E-state index >= 15 is 0 Å². The Bertz CT molecular complexity index is 994. The lowest BCUT2D eigenvalue weighted by molar-refractivity contribution is -0.147. The minimum absolute atomic E-state index is 0.132. The Kier molecular flexibility index (Phi) is 36.6. The van der Waals surface area contributed by atoms with E-state index in [-0.39, 0.29) is 30.9 Å². The van der Waals surface area contributed by atoms with Gasteiger partial charge in [0.05, 0.1) is 13.2 Å². The number of amides is 2. The van der Waals surface area contributed by atoms with Crippen molar-refractivity contribution in [3.8, 4) is 0 Å². The van der Waals surface area contributed by atoms with Crippen LogP contribution < -0.4 is 10.6 Å². The van der Waals surface area contributed by atoms with Crippen LogP contribution in [0.4, 0.5) is 0 Å². The molecule has 0 rings (SSSR count). The van der Waals surface area contributed by atoms with Gasteiger partial charge < -0.3 is 25.6 Å². The minimum Gasteiger partial charge on any atom is -0.480 e. The van der Waals surface area contributed by atoms with Crippen LogP contribution in [0.1, 0.15) is 194 Å². The molecular formula is C44H78N2O7. The first-order valence-electron chi connectivity index (χ1n) is 21.4. The number of ether oxygens (including phenoxy) is 1. The topological polar surface area (TPSA) is 142 Å². The summed E-state index contributed by atoms with van der Waals surface area (Å²) in [5.74, 6) is -2.43. The predicted octanol–water partition coefficient (Wildman–Crippen LogP) is 10.2. The van der Waals surface area contributed by atoms with Crippen LogP contribution in [0.25, 0.3) is 0 Å². The van der Waals surface area contributed by atoms with Gasteiger partial charge in [-0.1, -0.05) is 141 Å². The predicted molar refractivity (Wildman–Crippen MR) is 218 cm³/mol. The van der Waals surface area contributed by atoms with E-state index in [1.807, 2.05) is 6.08 Å². The van der Waals surface area contributed by atoms with E-state index in [0.717, 1.165) is 57.8 Å². The van der Waals surface area contributed by atoms with E-state index in [4.69, 9.17) is 14.9 Å².